The number of nitrogens with zero attached hydrogens (tertiary/aromatic N) is 1. The summed E-state index contributed by atoms with van der Waals surface area (Å²) in [5, 5.41) is 0. The van der Waals surface area contributed by atoms with E-state index >= 15 is 0 Å². The third kappa shape index (κ3) is 3.62. The minimum atomic E-state index is 0.657. The van der Waals surface area contributed by atoms with Crippen molar-refractivity contribution in [1.82, 2.24) is 4.90 Å². The third-order valence-electron chi connectivity index (χ3n) is 3.72. The van der Waals surface area contributed by atoms with Gasteiger partial charge in [-0.05, 0) is 0 Å². The van der Waals surface area contributed by atoms with Gasteiger partial charge < -0.3 is 0 Å². The SMILES string of the molecule is CCC(C)c1cc([C](=[W])N(CC)CC)ccc1C. The zero-order valence-electron chi connectivity index (χ0n) is 12.3. The molecule has 0 aliphatic heterocycles. The molecule has 0 bridgehead atoms. The summed E-state index contributed by atoms with van der Waals surface area (Å²) < 4.78 is 1.48. The first-order chi connectivity index (χ1) is 8.54. The summed E-state index contributed by atoms with van der Waals surface area (Å²) in [6, 6.07) is 6.97. The van der Waals surface area contributed by atoms with Crippen LogP contribution in [0.25, 0.3) is 0 Å². The molecule has 0 N–H and O–H groups in total. The molecule has 1 unspecified atom stereocenters. The number of rotatable bonds is 6. The molecule has 2 heteroatoms. The summed E-state index contributed by atoms with van der Waals surface area (Å²) in [5.74, 6) is 0.657. The van der Waals surface area contributed by atoms with Crippen molar-refractivity contribution < 1.29 is 19.4 Å². The van der Waals surface area contributed by atoms with Crippen LogP contribution in [0.5, 0.6) is 0 Å². The van der Waals surface area contributed by atoms with E-state index in [4.69, 9.17) is 0 Å². The summed E-state index contributed by atoms with van der Waals surface area (Å²) in [5.41, 5.74) is 4.35. The van der Waals surface area contributed by atoms with Gasteiger partial charge in [0.1, 0.15) is 0 Å². The fourth-order valence-electron chi connectivity index (χ4n) is 2.22. The number of hydrogen-bond acceptors (Lipinski definition) is 1. The number of aryl methyl sites for hydroxylation is 1. The molecule has 0 saturated carbocycles. The topological polar surface area (TPSA) is 3.24 Å². The van der Waals surface area contributed by atoms with Crippen LogP contribution < -0.4 is 0 Å². The van der Waals surface area contributed by atoms with E-state index in [9.17, 15) is 0 Å². The van der Waals surface area contributed by atoms with Crippen LogP contribution in [0.2, 0.25) is 0 Å². The van der Waals surface area contributed by atoms with E-state index in [1.807, 2.05) is 0 Å². The molecule has 100 valence electrons. The molecule has 0 amide bonds. The van der Waals surface area contributed by atoms with Gasteiger partial charge in [-0.1, -0.05) is 0 Å². The van der Waals surface area contributed by atoms with Gasteiger partial charge >= 0.3 is 123 Å². The second-order valence-corrected chi connectivity index (χ2v) is 6.25. The summed E-state index contributed by atoms with van der Waals surface area (Å²) >= 11 is 1.56. The van der Waals surface area contributed by atoms with Crippen LogP contribution in [0.4, 0.5) is 0 Å². The second kappa shape index (κ2) is 7.36. The quantitative estimate of drug-likeness (QED) is 0.682. The Morgan fingerprint density at radius 1 is 1.22 bits per heavy atom. The van der Waals surface area contributed by atoms with Crippen LogP contribution in [0.1, 0.15) is 56.7 Å². The molecular formula is C16H25NW. The average molecular weight is 415 g/mol. The fraction of sp³-hybridized carbons (Fsp3) is 0.562. The first kappa shape index (κ1) is 15.8. The summed E-state index contributed by atoms with van der Waals surface area (Å²) in [6.45, 7) is 13.5. The molecule has 1 nitrogen and oxygen atoms in total. The Morgan fingerprint density at radius 3 is 2.33 bits per heavy atom. The number of benzene rings is 1. The van der Waals surface area contributed by atoms with Crippen LogP contribution in [-0.4, -0.2) is 22.0 Å². The molecule has 1 aromatic carbocycles. The van der Waals surface area contributed by atoms with Gasteiger partial charge in [0, 0.05) is 0 Å². The van der Waals surface area contributed by atoms with Crippen LogP contribution in [-0.2, 0) is 19.4 Å². The van der Waals surface area contributed by atoms with E-state index in [2.05, 4.69) is 57.7 Å². The molecule has 1 aromatic rings. The fourth-order valence-corrected chi connectivity index (χ4v) is 3.60. The minimum absolute atomic E-state index is 0.657. The van der Waals surface area contributed by atoms with Crippen molar-refractivity contribution >= 4 is 4.02 Å². The second-order valence-electron chi connectivity index (χ2n) is 4.86. The Hall–Kier alpha value is -0.262. The van der Waals surface area contributed by atoms with Crippen molar-refractivity contribution in [2.45, 2.75) is 47.0 Å². The Kier molecular flexibility index (Phi) is 6.46. The molecule has 0 saturated heterocycles. The molecule has 0 spiro atoms. The van der Waals surface area contributed by atoms with Gasteiger partial charge in [0.25, 0.3) is 0 Å². The Balaban J connectivity index is 3.08. The zero-order chi connectivity index (χ0) is 13.7. The van der Waals surface area contributed by atoms with Crippen LogP contribution in [0, 0.1) is 6.92 Å². The van der Waals surface area contributed by atoms with Crippen molar-refractivity contribution in [2.75, 3.05) is 13.1 Å². The van der Waals surface area contributed by atoms with E-state index in [-0.39, 0.29) is 0 Å². The molecule has 1 atom stereocenters. The molecule has 0 aliphatic rings. The van der Waals surface area contributed by atoms with Gasteiger partial charge in [0.15, 0.2) is 0 Å². The van der Waals surface area contributed by atoms with E-state index < -0.39 is 0 Å². The van der Waals surface area contributed by atoms with Gasteiger partial charge in [-0.15, -0.1) is 0 Å². The molecular weight excluding hydrogens is 390 g/mol. The van der Waals surface area contributed by atoms with Crippen molar-refractivity contribution in [3.8, 4) is 0 Å². The van der Waals surface area contributed by atoms with E-state index in [0.717, 1.165) is 13.1 Å². The van der Waals surface area contributed by atoms with Gasteiger partial charge in [0.2, 0.25) is 0 Å². The Labute approximate surface area is 123 Å². The third-order valence-corrected chi connectivity index (χ3v) is 5.49. The average Bonchev–Trinajstić information content (AvgIpc) is 2.39. The van der Waals surface area contributed by atoms with Gasteiger partial charge in [-0.25, -0.2) is 0 Å². The van der Waals surface area contributed by atoms with Crippen molar-refractivity contribution in [2.24, 2.45) is 0 Å². The zero-order valence-corrected chi connectivity index (χ0v) is 15.2. The van der Waals surface area contributed by atoms with Crippen LogP contribution in [0.15, 0.2) is 18.2 Å². The maximum absolute atomic E-state index is 2.46. The number of hydrogen-bond donors (Lipinski definition) is 0. The monoisotopic (exact) mass is 415 g/mol. The van der Waals surface area contributed by atoms with Crippen LogP contribution in [0.3, 0.4) is 0 Å². The van der Waals surface area contributed by atoms with Gasteiger partial charge in [0.05, 0.1) is 0 Å². The van der Waals surface area contributed by atoms with Gasteiger partial charge in [-0.2, -0.15) is 0 Å². The van der Waals surface area contributed by atoms with Gasteiger partial charge in [-0.3, -0.25) is 0 Å². The Morgan fingerprint density at radius 2 is 1.83 bits per heavy atom. The molecule has 1 rings (SSSR count). The predicted molar refractivity (Wildman–Crippen MR) is 76.9 cm³/mol. The summed E-state index contributed by atoms with van der Waals surface area (Å²) in [7, 11) is 0. The Bertz CT molecular complexity index is 408. The van der Waals surface area contributed by atoms with E-state index in [1.165, 1.54) is 27.1 Å². The first-order valence-electron chi connectivity index (χ1n) is 6.94. The van der Waals surface area contributed by atoms with E-state index in [0.29, 0.717) is 5.92 Å². The molecule has 18 heavy (non-hydrogen) atoms. The standard InChI is InChI=1S/C16H25N.W/c1-6-13(4)16-11-15(10-9-14(16)5)12-17(7-2)8-3;/h9-11,13H,6-8H2,1-5H3;. The van der Waals surface area contributed by atoms with Crippen LogP contribution >= 0.6 is 0 Å². The molecule has 0 fully saturated rings. The first-order valence-corrected chi connectivity index (χ1v) is 8.41. The normalized spacial score (nSPS) is 12.8. The van der Waals surface area contributed by atoms with E-state index in [1.54, 1.807) is 19.4 Å². The molecule has 0 radical (unpaired) electrons. The molecule has 0 aromatic heterocycles. The summed E-state index contributed by atoms with van der Waals surface area (Å²) in [4.78, 5) is 2.46. The van der Waals surface area contributed by atoms with Crippen molar-refractivity contribution in [3.63, 3.8) is 0 Å². The predicted octanol–water partition coefficient (Wildman–Crippen LogP) is 3.88. The summed E-state index contributed by atoms with van der Waals surface area (Å²) in [6.07, 6.45) is 1.21. The molecule has 0 aliphatic carbocycles. The van der Waals surface area contributed by atoms with Crippen molar-refractivity contribution in [3.05, 3.63) is 34.9 Å². The molecule has 0 heterocycles. The van der Waals surface area contributed by atoms with Crippen molar-refractivity contribution in [1.29, 1.82) is 0 Å². The maximum atomic E-state index is 2.46.